The molecule has 0 saturated carbocycles. The van der Waals surface area contributed by atoms with Gasteiger partial charge in [0.1, 0.15) is 0 Å². The lowest BCUT2D eigenvalue weighted by Gasteiger charge is -2.29. The molecule has 21 heavy (non-hydrogen) atoms. The minimum absolute atomic E-state index is 0.0631. The fourth-order valence-corrected chi connectivity index (χ4v) is 4.42. The molecule has 1 amide bonds. The molecule has 2 saturated heterocycles. The van der Waals surface area contributed by atoms with E-state index < -0.39 is 27.8 Å². The maximum Gasteiger partial charge on any atom is 0.328 e. The van der Waals surface area contributed by atoms with Crippen molar-refractivity contribution in [2.24, 2.45) is 0 Å². The average molecular weight is 317 g/mol. The molecule has 2 heterocycles. The zero-order valence-electron chi connectivity index (χ0n) is 11.6. The summed E-state index contributed by atoms with van der Waals surface area (Å²) in [5, 5.41) is 8.60. The number of nitrogens with zero attached hydrogens (tertiary/aromatic N) is 1. The highest BCUT2D eigenvalue weighted by Gasteiger charge is 2.35. The lowest BCUT2D eigenvalue weighted by Crippen LogP contribution is -2.44. The molecule has 2 unspecified atom stereocenters. The van der Waals surface area contributed by atoms with Gasteiger partial charge in [-0.05, 0) is 19.3 Å². The number of rotatable bonds is 5. The van der Waals surface area contributed by atoms with Gasteiger partial charge in [-0.2, -0.15) is 0 Å². The molecule has 2 fully saturated rings. The van der Waals surface area contributed by atoms with Crippen molar-refractivity contribution in [2.75, 3.05) is 24.7 Å². The Bertz CT molecular complexity index is 535. The second-order valence-electron chi connectivity index (χ2n) is 5.35. The predicted molar refractivity (Wildman–Crippen MR) is 74.5 cm³/mol. The van der Waals surface area contributed by atoms with Crippen LogP contribution in [0, 0.1) is 0 Å². The lowest BCUT2D eigenvalue weighted by atomic mass is 10.1. The second-order valence-corrected chi connectivity index (χ2v) is 7.58. The van der Waals surface area contributed by atoms with Crippen LogP contribution in [0.4, 0.5) is 0 Å². The maximum absolute atomic E-state index is 12.2. The number of aliphatic carboxylic acids is 1. The highest BCUT2D eigenvalue weighted by atomic mass is 32.2. The van der Waals surface area contributed by atoms with Gasteiger partial charge in [0.2, 0.25) is 5.91 Å². The predicted octanol–water partition coefficient (Wildman–Crippen LogP) is -0.178. The molecule has 7 nitrogen and oxygen atoms in total. The van der Waals surface area contributed by atoms with Gasteiger partial charge in [-0.3, -0.25) is 4.79 Å². The van der Waals surface area contributed by atoms with E-state index in [0.717, 1.165) is 25.0 Å². The van der Waals surface area contributed by atoms with Crippen LogP contribution in [-0.2, 0) is 24.2 Å². The quantitative estimate of drug-likeness (QED) is 0.706. The molecule has 2 atom stereocenters. The lowest BCUT2D eigenvalue weighted by molar-refractivity contribution is -0.133. The molecule has 0 aromatic carbocycles. The van der Waals surface area contributed by atoms with Crippen molar-refractivity contribution in [3.63, 3.8) is 0 Å². The summed E-state index contributed by atoms with van der Waals surface area (Å²) in [6.07, 6.45) is 3.78. The van der Waals surface area contributed by atoms with Crippen LogP contribution in [0.2, 0.25) is 0 Å². The number of carboxylic acid groups (broad SMARTS) is 1. The molecule has 2 rings (SSSR count). The molecule has 0 radical (unpaired) electrons. The number of ether oxygens (including phenoxy) is 1. The van der Waals surface area contributed by atoms with E-state index in [1.165, 1.54) is 4.90 Å². The van der Waals surface area contributed by atoms with Crippen molar-refractivity contribution in [3.8, 4) is 0 Å². The van der Waals surface area contributed by atoms with Gasteiger partial charge in [-0.1, -0.05) is 0 Å². The van der Waals surface area contributed by atoms with Gasteiger partial charge in [-0.15, -0.1) is 0 Å². The Morgan fingerprint density at radius 1 is 1.29 bits per heavy atom. The van der Waals surface area contributed by atoms with Gasteiger partial charge in [0.05, 0.1) is 17.6 Å². The van der Waals surface area contributed by atoms with E-state index in [-0.39, 0.29) is 17.6 Å². The van der Waals surface area contributed by atoms with Gasteiger partial charge in [-0.25, -0.2) is 13.2 Å². The van der Waals surface area contributed by atoms with Crippen LogP contribution in [0.3, 0.4) is 0 Å². The van der Waals surface area contributed by atoms with Crippen LogP contribution < -0.4 is 0 Å². The SMILES string of the molecule is O=C(O)/C=C/C(=O)N(CC1CCCO1)C1CCS(=O)(=O)C1. The highest BCUT2D eigenvalue weighted by molar-refractivity contribution is 7.91. The number of sulfone groups is 1. The Morgan fingerprint density at radius 3 is 2.57 bits per heavy atom. The van der Waals surface area contributed by atoms with Crippen LogP contribution in [0.15, 0.2) is 12.2 Å². The van der Waals surface area contributed by atoms with Crippen LogP contribution in [0.1, 0.15) is 19.3 Å². The number of hydrogen-bond donors (Lipinski definition) is 1. The minimum Gasteiger partial charge on any atom is -0.478 e. The van der Waals surface area contributed by atoms with E-state index in [0.29, 0.717) is 19.6 Å². The molecule has 0 bridgehead atoms. The number of hydrogen-bond acceptors (Lipinski definition) is 5. The van der Waals surface area contributed by atoms with E-state index in [4.69, 9.17) is 9.84 Å². The molecule has 2 aliphatic rings. The van der Waals surface area contributed by atoms with Crippen molar-refractivity contribution in [1.29, 1.82) is 0 Å². The van der Waals surface area contributed by atoms with Gasteiger partial charge in [0.25, 0.3) is 0 Å². The number of carboxylic acids is 1. The molecule has 0 aromatic rings. The Labute approximate surface area is 123 Å². The standard InChI is InChI=1S/C13H19NO6S/c15-12(3-4-13(16)17)14(8-11-2-1-6-20-11)10-5-7-21(18,19)9-10/h3-4,10-11H,1-2,5-9H2,(H,16,17)/b4-3+. The monoisotopic (exact) mass is 317 g/mol. The summed E-state index contributed by atoms with van der Waals surface area (Å²) in [4.78, 5) is 24.1. The average Bonchev–Trinajstić information content (AvgIpc) is 3.02. The number of amides is 1. The van der Waals surface area contributed by atoms with Crippen molar-refractivity contribution in [2.45, 2.75) is 31.4 Å². The summed E-state index contributed by atoms with van der Waals surface area (Å²) in [7, 11) is -3.11. The zero-order chi connectivity index (χ0) is 15.5. The van der Waals surface area contributed by atoms with Crippen molar-refractivity contribution >= 4 is 21.7 Å². The molecule has 0 aliphatic carbocycles. The largest absolute Gasteiger partial charge is 0.478 e. The molecular formula is C13H19NO6S. The fraction of sp³-hybridized carbons (Fsp3) is 0.692. The summed E-state index contributed by atoms with van der Waals surface area (Å²) < 4.78 is 28.7. The zero-order valence-corrected chi connectivity index (χ0v) is 12.4. The van der Waals surface area contributed by atoms with Crippen LogP contribution in [0.25, 0.3) is 0 Å². The topological polar surface area (TPSA) is 101 Å². The molecule has 1 N–H and O–H groups in total. The first-order chi connectivity index (χ1) is 9.87. The molecule has 118 valence electrons. The van der Waals surface area contributed by atoms with Crippen molar-refractivity contribution < 1.29 is 27.9 Å². The van der Waals surface area contributed by atoms with E-state index >= 15 is 0 Å². The summed E-state index contributed by atoms with van der Waals surface area (Å²) in [6.45, 7) is 0.948. The first kappa shape index (κ1) is 16.0. The van der Waals surface area contributed by atoms with Crippen molar-refractivity contribution in [1.82, 2.24) is 4.90 Å². The molecule has 2 aliphatic heterocycles. The number of carbonyl (C=O) groups excluding carboxylic acids is 1. The smallest absolute Gasteiger partial charge is 0.328 e. The third kappa shape index (κ3) is 4.53. The van der Waals surface area contributed by atoms with Crippen molar-refractivity contribution in [3.05, 3.63) is 12.2 Å². The van der Waals surface area contributed by atoms with E-state index in [1.807, 2.05) is 0 Å². The first-order valence-electron chi connectivity index (χ1n) is 6.91. The van der Waals surface area contributed by atoms with Crippen LogP contribution in [-0.4, -0.2) is 67.1 Å². The maximum atomic E-state index is 12.2. The summed E-state index contributed by atoms with van der Waals surface area (Å²) in [5.74, 6) is -1.68. The molecular weight excluding hydrogens is 298 g/mol. The van der Waals surface area contributed by atoms with Crippen LogP contribution in [0.5, 0.6) is 0 Å². The normalized spacial score (nSPS) is 28.0. The third-order valence-corrected chi connectivity index (χ3v) is 5.48. The van der Waals surface area contributed by atoms with Gasteiger partial charge >= 0.3 is 5.97 Å². The first-order valence-corrected chi connectivity index (χ1v) is 8.73. The summed E-state index contributed by atoms with van der Waals surface area (Å²) in [6, 6.07) is -0.398. The van der Waals surface area contributed by atoms with E-state index in [9.17, 15) is 18.0 Å². The Kier molecular flexibility index (Phi) is 5.00. The second kappa shape index (κ2) is 6.57. The highest BCUT2D eigenvalue weighted by Crippen LogP contribution is 2.21. The molecule has 0 aromatic heterocycles. The summed E-state index contributed by atoms with van der Waals surface area (Å²) in [5.41, 5.74) is 0. The summed E-state index contributed by atoms with van der Waals surface area (Å²) >= 11 is 0. The number of carbonyl (C=O) groups is 2. The van der Waals surface area contributed by atoms with Crippen LogP contribution >= 0.6 is 0 Å². The molecule has 8 heteroatoms. The fourth-order valence-electron chi connectivity index (χ4n) is 2.69. The molecule has 0 spiro atoms. The Balaban J connectivity index is 2.09. The van der Waals surface area contributed by atoms with Gasteiger partial charge in [0, 0.05) is 31.3 Å². The van der Waals surface area contributed by atoms with Gasteiger partial charge < -0.3 is 14.7 Å². The minimum atomic E-state index is -3.11. The Morgan fingerprint density at radius 2 is 2.05 bits per heavy atom. The van der Waals surface area contributed by atoms with Gasteiger partial charge in [0.15, 0.2) is 9.84 Å². The van der Waals surface area contributed by atoms with E-state index in [2.05, 4.69) is 0 Å². The third-order valence-electron chi connectivity index (χ3n) is 3.73. The van der Waals surface area contributed by atoms with E-state index in [1.54, 1.807) is 0 Å². The Hall–Kier alpha value is -1.41.